The molecular weight excluding hydrogens is 326 g/mol. The van der Waals surface area contributed by atoms with E-state index in [1.54, 1.807) is 12.1 Å². The molecule has 2 aromatic rings. The number of anilines is 1. The number of ether oxygens (including phenoxy) is 1. The second-order valence-electron chi connectivity index (χ2n) is 4.00. The minimum absolute atomic E-state index is 0.107. The van der Waals surface area contributed by atoms with Gasteiger partial charge in [-0.05, 0) is 35.9 Å². The third-order valence-corrected chi connectivity index (χ3v) is 2.84. The third-order valence-electron chi connectivity index (χ3n) is 2.31. The predicted molar refractivity (Wildman–Crippen MR) is 76.4 cm³/mol. The second kappa shape index (κ2) is 6.99. The second-order valence-corrected chi connectivity index (χ2v) is 4.92. The maximum absolute atomic E-state index is 11.7. The molecule has 7 nitrogen and oxygen atoms in total. The summed E-state index contributed by atoms with van der Waals surface area (Å²) in [4.78, 5) is 13.1. The Morgan fingerprint density at radius 1 is 1.40 bits per heavy atom. The summed E-state index contributed by atoms with van der Waals surface area (Å²) < 4.78 is 6.28. The number of halogens is 1. The molecule has 1 amide bonds. The van der Waals surface area contributed by atoms with E-state index in [2.05, 4.69) is 36.7 Å². The molecule has 0 saturated heterocycles. The number of benzene rings is 1. The van der Waals surface area contributed by atoms with Crippen molar-refractivity contribution in [2.24, 2.45) is 0 Å². The highest BCUT2D eigenvalue weighted by Crippen LogP contribution is 2.15. The van der Waals surface area contributed by atoms with E-state index >= 15 is 0 Å². The van der Waals surface area contributed by atoms with Crippen LogP contribution in [0.1, 0.15) is 13.3 Å². The topological polar surface area (TPSA) is 81.9 Å². The van der Waals surface area contributed by atoms with E-state index < -0.39 is 0 Å². The number of nitrogens with one attached hydrogen (secondary N) is 1. The Kier molecular flexibility index (Phi) is 5.05. The summed E-state index contributed by atoms with van der Waals surface area (Å²) in [5.74, 6) is 0.470. The average molecular weight is 340 g/mol. The number of tetrazole rings is 1. The van der Waals surface area contributed by atoms with E-state index in [0.717, 1.165) is 10.9 Å². The first-order valence-corrected chi connectivity index (χ1v) is 6.92. The Labute approximate surface area is 124 Å². The van der Waals surface area contributed by atoms with E-state index in [0.29, 0.717) is 12.3 Å². The van der Waals surface area contributed by atoms with Crippen LogP contribution in [0.3, 0.4) is 0 Å². The molecule has 0 bridgehead atoms. The largest absolute Gasteiger partial charge is 0.484 e. The molecular formula is C12H14BrN5O2. The molecule has 0 atom stereocenters. The van der Waals surface area contributed by atoms with Gasteiger partial charge in [0.15, 0.2) is 6.61 Å². The van der Waals surface area contributed by atoms with Gasteiger partial charge in [0.1, 0.15) is 5.75 Å². The fourth-order valence-electron chi connectivity index (χ4n) is 1.43. The van der Waals surface area contributed by atoms with Gasteiger partial charge < -0.3 is 4.74 Å². The first-order valence-electron chi connectivity index (χ1n) is 6.13. The zero-order chi connectivity index (χ0) is 14.4. The molecule has 1 aromatic heterocycles. The van der Waals surface area contributed by atoms with Crippen LogP contribution in [-0.2, 0) is 11.3 Å². The van der Waals surface area contributed by atoms with E-state index in [9.17, 15) is 4.79 Å². The van der Waals surface area contributed by atoms with E-state index in [4.69, 9.17) is 4.74 Å². The van der Waals surface area contributed by atoms with Crippen LogP contribution in [0, 0.1) is 0 Å². The number of aryl methyl sites for hydroxylation is 1. The number of hydrogen-bond donors (Lipinski definition) is 1. The van der Waals surface area contributed by atoms with Crippen LogP contribution in [-0.4, -0.2) is 32.7 Å². The van der Waals surface area contributed by atoms with Crippen LogP contribution in [0.15, 0.2) is 28.7 Å². The van der Waals surface area contributed by atoms with Crippen molar-refractivity contribution >= 4 is 27.8 Å². The minimum Gasteiger partial charge on any atom is -0.484 e. The lowest BCUT2D eigenvalue weighted by Gasteiger charge is -2.05. The Morgan fingerprint density at radius 2 is 2.15 bits per heavy atom. The fourth-order valence-corrected chi connectivity index (χ4v) is 1.69. The van der Waals surface area contributed by atoms with Crippen LogP contribution in [0.25, 0.3) is 0 Å². The zero-order valence-corrected chi connectivity index (χ0v) is 12.5. The number of carbonyl (C=O) groups is 1. The predicted octanol–water partition coefficient (Wildman–Crippen LogP) is 1.86. The van der Waals surface area contributed by atoms with Gasteiger partial charge in [0.25, 0.3) is 11.9 Å². The molecule has 2 rings (SSSR count). The molecule has 20 heavy (non-hydrogen) atoms. The van der Waals surface area contributed by atoms with Crippen LogP contribution in [0.5, 0.6) is 5.75 Å². The van der Waals surface area contributed by atoms with Crippen LogP contribution >= 0.6 is 15.9 Å². The Bertz CT molecular complexity index is 569. The number of nitrogens with zero attached hydrogens (tertiary/aromatic N) is 4. The van der Waals surface area contributed by atoms with Crippen molar-refractivity contribution < 1.29 is 9.53 Å². The van der Waals surface area contributed by atoms with E-state index in [1.807, 2.05) is 19.1 Å². The molecule has 106 valence electrons. The molecule has 0 aliphatic carbocycles. The lowest BCUT2D eigenvalue weighted by molar-refractivity contribution is -0.118. The van der Waals surface area contributed by atoms with Crippen molar-refractivity contribution in [3.63, 3.8) is 0 Å². The summed E-state index contributed by atoms with van der Waals surface area (Å²) in [5, 5.41) is 14.1. The number of hydrogen-bond acceptors (Lipinski definition) is 5. The van der Waals surface area contributed by atoms with Crippen molar-refractivity contribution in [1.29, 1.82) is 0 Å². The van der Waals surface area contributed by atoms with Gasteiger partial charge in [-0.25, -0.2) is 0 Å². The summed E-state index contributed by atoms with van der Waals surface area (Å²) in [6, 6.07) is 7.22. The maximum Gasteiger partial charge on any atom is 0.270 e. The number of rotatable bonds is 6. The SMILES string of the molecule is CCCn1nnc(NC(=O)COc2ccc(Br)cc2)n1. The lowest BCUT2D eigenvalue weighted by atomic mass is 10.3. The smallest absolute Gasteiger partial charge is 0.270 e. The first-order chi connectivity index (χ1) is 9.67. The molecule has 0 unspecified atom stereocenters. The fraction of sp³-hybridized carbons (Fsp3) is 0.333. The quantitative estimate of drug-likeness (QED) is 0.868. The highest BCUT2D eigenvalue weighted by atomic mass is 79.9. The standard InChI is InChI=1S/C12H14BrN5O2/c1-2-7-18-16-12(15-17-18)14-11(19)8-20-10-5-3-9(13)4-6-10/h3-6H,2,7-8H2,1H3,(H,14,16,19). The van der Waals surface area contributed by atoms with Crippen molar-refractivity contribution in [3.8, 4) is 5.75 Å². The summed E-state index contributed by atoms with van der Waals surface area (Å²) in [6.07, 6.45) is 0.899. The first kappa shape index (κ1) is 14.4. The van der Waals surface area contributed by atoms with Crippen molar-refractivity contribution in [2.45, 2.75) is 19.9 Å². The van der Waals surface area contributed by atoms with Crippen molar-refractivity contribution in [3.05, 3.63) is 28.7 Å². The molecule has 0 aliphatic heterocycles. The summed E-state index contributed by atoms with van der Waals surface area (Å²) in [7, 11) is 0. The Hall–Kier alpha value is -1.96. The lowest BCUT2D eigenvalue weighted by Crippen LogP contribution is -2.21. The summed E-state index contributed by atoms with van der Waals surface area (Å²) in [6.45, 7) is 2.57. The highest BCUT2D eigenvalue weighted by Gasteiger charge is 2.08. The summed E-state index contributed by atoms with van der Waals surface area (Å²) >= 11 is 3.32. The van der Waals surface area contributed by atoms with Crippen LogP contribution in [0.4, 0.5) is 5.95 Å². The van der Waals surface area contributed by atoms with Crippen molar-refractivity contribution in [1.82, 2.24) is 20.2 Å². The minimum atomic E-state index is -0.330. The summed E-state index contributed by atoms with van der Waals surface area (Å²) in [5.41, 5.74) is 0. The molecule has 8 heteroatoms. The van der Waals surface area contributed by atoms with E-state index in [-0.39, 0.29) is 18.5 Å². The van der Waals surface area contributed by atoms with Gasteiger partial charge in [-0.15, -0.1) is 5.10 Å². The van der Waals surface area contributed by atoms with Crippen LogP contribution in [0.2, 0.25) is 0 Å². The highest BCUT2D eigenvalue weighted by molar-refractivity contribution is 9.10. The molecule has 1 N–H and O–H groups in total. The van der Waals surface area contributed by atoms with Gasteiger partial charge in [0.05, 0.1) is 6.54 Å². The molecule has 1 heterocycles. The molecule has 0 fully saturated rings. The third kappa shape index (κ3) is 4.30. The monoisotopic (exact) mass is 339 g/mol. The molecule has 0 spiro atoms. The van der Waals surface area contributed by atoms with Gasteiger partial charge in [-0.3, -0.25) is 10.1 Å². The number of amides is 1. The van der Waals surface area contributed by atoms with Crippen molar-refractivity contribution in [2.75, 3.05) is 11.9 Å². The van der Waals surface area contributed by atoms with Gasteiger partial charge >= 0.3 is 0 Å². The van der Waals surface area contributed by atoms with Gasteiger partial charge in [-0.1, -0.05) is 28.0 Å². The Morgan fingerprint density at radius 3 is 2.85 bits per heavy atom. The average Bonchev–Trinajstić information content (AvgIpc) is 2.86. The van der Waals surface area contributed by atoms with E-state index in [1.165, 1.54) is 4.80 Å². The van der Waals surface area contributed by atoms with Gasteiger partial charge in [-0.2, -0.15) is 4.80 Å². The number of aromatic nitrogens is 4. The maximum atomic E-state index is 11.7. The molecule has 1 aromatic carbocycles. The molecule has 0 radical (unpaired) electrons. The number of carbonyl (C=O) groups excluding carboxylic acids is 1. The van der Waals surface area contributed by atoms with Gasteiger partial charge in [0.2, 0.25) is 0 Å². The Balaban J connectivity index is 1.81. The van der Waals surface area contributed by atoms with Gasteiger partial charge in [0, 0.05) is 4.47 Å². The molecule has 0 aliphatic rings. The molecule has 0 saturated carbocycles. The van der Waals surface area contributed by atoms with Crippen LogP contribution < -0.4 is 10.1 Å². The normalized spacial score (nSPS) is 10.3. The zero-order valence-electron chi connectivity index (χ0n) is 10.9.